The molecule has 2 aromatic rings. The molecule has 0 spiro atoms. The molecule has 10 nitrogen and oxygen atoms in total. The SMILES string of the molecule is CC(C)CC(N)C(=O)NC(Cc1c[nH]c2ccccc12)C(=O)NC(CC(=O)O)C(=O)O. The maximum absolute atomic E-state index is 12.8. The lowest BCUT2D eigenvalue weighted by atomic mass is 10.0. The Morgan fingerprint density at radius 2 is 1.68 bits per heavy atom. The standard InChI is InChI=1S/C21H28N4O6/c1-11(2)7-14(22)19(28)24-16(20(29)25-17(21(30)31)9-18(26)27)8-12-10-23-15-6-4-3-5-13(12)15/h3-6,10-11,14,16-17,23H,7-9,22H2,1-2H3,(H,24,28)(H,25,29)(H,26,27)(H,30,31). The molecule has 0 bridgehead atoms. The summed E-state index contributed by atoms with van der Waals surface area (Å²) in [6.07, 6.45) is 1.39. The van der Waals surface area contributed by atoms with Crippen LogP contribution in [-0.4, -0.2) is 57.1 Å². The number of carbonyl (C=O) groups excluding carboxylic acids is 2. The molecule has 0 radical (unpaired) electrons. The number of para-hydroxylation sites is 1. The van der Waals surface area contributed by atoms with Crippen LogP contribution in [0.15, 0.2) is 30.5 Å². The summed E-state index contributed by atoms with van der Waals surface area (Å²) in [5.41, 5.74) is 7.50. The lowest BCUT2D eigenvalue weighted by Crippen LogP contribution is -2.55. The largest absolute Gasteiger partial charge is 0.481 e. The number of amides is 2. The lowest BCUT2D eigenvalue weighted by Gasteiger charge is -2.23. The molecule has 3 unspecified atom stereocenters. The summed E-state index contributed by atoms with van der Waals surface area (Å²) in [6, 6.07) is 3.79. The van der Waals surface area contributed by atoms with Crippen LogP contribution in [0.5, 0.6) is 0 Å². The van der Waals surface area contributed by atoms with Gasteiger partial charge in [0.15, 0.2) is 0 Å². The molecule has 3 atom stereocenters. The van der Waals surface area contributed by atoms with Gasteiger partial charge in [-0.3, -0.25) is 14.4 Å². The molecular formula is C21H28N4O6. The zero-order chi connectivity index (χ0) is 23.1. The molecule has 1 aromatic carbocycles. The van der Waals surface area contributed by atoms with E-state index >= 15 is 0 Å². The molecule has 0 aliphatic rings. The number of benzene rings is 1. The molecule has 31 heavy (non-hydrogen) atoms. The van der Waals surface area contributed by atoms with Crippen molar-refractivity contribution in [1.82, 2.24) is 15.6 Å². The number of hydrogen-bond acceptors (Lipinski definition) is 5. The summed E-state index contributed by atoms with van der Waals surface area (Å²) in [5, 5.41) is 23.8. The van der Waals surface area contributed by atoms with Gasteiger partial charge in [-0.05, 0) is 24.0 Å². The molecule has 168 valence electrons. The van der Waals surface area contributed by atoms with Gasteiger partial charge in [-0.25, -0.2) is 4.79 Å². The molecule has 0 saturated carbocycles. The number of nitrogens with two attached hydrogens (primary N) is 1. The normalized spacial score (nSPS) is 14.1. The van der Waals surface area contributed by atoms with E-state index < -0.39 is 48.3 Å². The molecule has 2 amide bonds. The summed E-state index contributed by atoms with van der Waals surface area (Å²) in [6.45, 7) is 3.82. The third-order valence-corrected chi connectivity index (χ3v) is 4.79. The maximum atomic E-state index is 12.8. The van der Waals surface area contributed by atoms with Gasteiger partial charge in [0.05, 0.1) is 12.5 Å². The van der Waals surface area contributed by atoms with E-state index in [9.17, 15) is 24.3 Å². The Bertz CT molecular complexity index is 954. The summed E-state index contributed by atoms with van der Waals surface area (Å²) in [4.78, 5) is 50.8. The summed E-state index contributed by atoms with van der Waals surface area (Å²) in [7, 11) is 0. The van der Waals surface area contributed by atoms with Crippen LogP contribution >= 0.6 is 0 Å². The zero-order valence-corrected chi connectivity index (χ0v) is 17.4. The Morgan fingerprint density at radius 1 is 1.03 bits per heavy atom. The van der Waals surface area contributed by atoms with Crippen LogP contribution in [-0.2, 0) is 25.6 Å². The molecule has 1 aromatic heterocycles. The number of rotatable bonds is 11. The minimum Gasteiger partial charge on any atom is -0.481 e. The Morgan fingerprint density at radius 3 is 2.29 bits per heavy atom. The topological polar surface area (TPSA) is 175 Å². The van der Waals surface area contributed by atoms with Gasteiger partial charge < -0.3 is 31.6 Å². The van der Waals surface area contributed by atoms with Crippen LogP contribution in [0.2, 0.25) is 0 Å². The first-order valence-corrected chi connectivity index (χ1v) is 9.94. The number of fused-ring (bicyclic) bond motifs is 1. The average molecular weight is 432 g/mol. The van der Waals surface area contributed by atoms with E-state index in [2.05, 4.69) is 15.6 Å². The van der Waals surface area contributed by atoms with E-state index in [1.165, 1.54) is 0 Å². The fraction of sp³-hybridized carbons (Fsp3) is 0.429. The number of nitrogens with one attached hydrogen (secondary N) is 3. The van der Waals surface area contributed by atoms with E-state index in [0.717, 1.165) is 16.5 Å². The second kappa shape index (κ2) is 10.6. The molecule has 10 heteroatoms. The highest BCUT2D eigenvalue weighted by Crippen LogP contribution is 2.19. The van der Waals surface area contributed by atoms with Crippen LogP contribution < -0.4 is 16.4 Å². The van der Waals surface area contributed by atoms with Gasteiger partial charge in [0, 0.05) is 23.5 Å². The highest BCUT2D eigenvalue weighted by molar-refractivity contribution is 5.93. The summed E-state index contributed by atoms with van der Waals surface area (Å²) < 4.78 is 0. The van der Waals surface area contributed by atoms with Crippen LogP contribution in [0, 0.1) is 5.92 Å². The molecule has 7 N–H and O–H groups in total. The Kier molecular flexibility index (Phi) is 8.14. The van der Waals surface area contributed by atoms with Gasteiger partial charge in [-0.2, -0.15) is 0 Å². The van der Waals surface area contributed by atoms with Crippen molar-refractivity contribution in [1.29, 1.82) is 0 Å². The number of carboxylic acids is 2. The van der Waals surface area contributed by atoms with E-state index in [4.69, 9.17) is 10.8 Å². The van der Waals surface area contributed by atoms with Crippen molar-refractivity contribution in [2.45, 2.75) is 51.2 Å². The third kappa shape index (κ3) is 6.82. The number of carboxylic acid groups (broad SMARTS) is 2. The van der Waals surface area contributed by atoms with E-state index in [-0.39, 0.29) is 12.3 Å². The smallest absolute Gasteiger partial charge is 0.326 e. The predicted molar refractivity (Wildman–Crippen MR) is 113 cm³/mol. The number of aromatic amines is 1. The van der Waals surface area contributed by atoms with E-state index in [1.807, 2.05) is 38.1 Å². The van der Waals surface area contributed by atoms with Crippen molar-refractivity contribution in [3.8, 4) is 0 Å². The van der Waals surface area contributed by atoms with E-state index in [0.29, 0.717) is 6.42 Å². The van der Waals surface area contributed by atoms with Gasteiger partial charge in [-0.15, -0.1) is 0 Å². The fourth-order valence-corrected chi connectivity index (χ4v) is 3.27. The highest BCUT2D eigenvalue weighted by Gasteiger charge is 2.30. The zero-order valence-electron chi connectivity index (χ0n) is 17.4. The van der Waals surface area contributed by atoms with E-state index in [1.54, 1.807) is 6.20 Å². The number of carbonyl (C=O) groups is 4. The first-order valence-electron chi connectivity index (χ1n) is 9.94. The Labute approximate surface area is 179 Å². The van der Waals surface area contributed by atoms with Crippen molar-refractivity contribution in [2.24, 2.45) is 11.7 Å². The van der Waals surface area contributed by atoms with Gasteiger partial charge in [0.25, 0.3) is 0 Å². The number of aromatic nitrogens is 1. The van der Waals surface area contributed by atoms with Crippen molar-refractivity contribution in [3.63, 3.8) is 0 Å². The van der Waals surface area contributed by atoms with Crippen molar-refractivity contribution >= 4 is 34.7 Å². The van der Waals surface area contributed by atoms with Gasteiger partial charge in [0.1, 0.15) is 12.1 Å². The quantitative estimate of drug-likeness (QED) is 0.301. The third-order valence-electron chi connectivity index (χ3n) is 4.79. The van der Waals surface area contributed by atoms with Crippen LogP contribution in [0.3, 0.4) is 0 Å². The number of aliphatic carboxylic acids is 2. The Hall–Kier alpha value is -3.40. The van der Waals surface area contributed by atoms with Gasteiger partial charge in [0.2, 0.25) is 11.8 Å². The molecule has 2 rings (SSSR count). The second-order valence-corrected chi connectivity index (χ2v) is 7.86. The van der Waals surface area contributed by atoms with Gasteiger partial charge >= 0.3 is 11.9 Å². The molecule has 0 saturated heterocycles. The number of hydrogen-bond donors (Lipinski definition) is 6. The maximum Gasteiger partial charge on any atom is 0.326 e. The van der Waals surface area contributed by atoms with Crippen LogP contribution in [0.25, 0.3) is 10.9 Å². The minimum absolute atomic E-state index is 0.0649. The monoisotopic (exact) mass is 432 g/mol. The first kappa shape index (κ1) is 23.9. The minimum atomic E-state index is -1.63. The lowest BCUT2D eigenvalue weighted by molar-refractivity contribution is -0.147. The fourth-order valence-electron chi connectivity index (χ4n) is 3.27. The molecule has 1 heterocycles. The predicted octanol–water partition coefficient (Wildman–Crippen LogP) is 0.613. The van der Waals surface area contributed by atoms with Crippen LogP contribution in [0.1, 0.15) is 32.3 Å². The highest BCUT2D eigenvalue weighted by atomic mass is 16.4. The summed E-state index contributed by atoms with van der Waals surface area (Å²) >= 11 is 0. The average Bonchev–Trinajstić information content (AvgIpc) is 3.08. The van der Waals surface area contributed by atoms with Crippen molar-refractivity contribution < 1.29 is 29.4 Å². The van der Waals surface area contributed by atoms with Crippen molar-refractivity contribution in [2.75, 3.05) is 0 Å². The first-order chi connectivity index (χ1) is 14.6. The molecule has 0 aliphatic heterocycles. The second-order valence-electron chi connectivity index (χ2n) is 7.86. The van der Waals surface area contributed by atoms with Gasteiger partial charge in [-0.1, -0.05) is 32.0 Å². The molecular weight excluding hydrogens is 404 g/mol. The molecule has 0 aliphatic carbocycles. The Balaban J connectivity index is 2.25. The van der Waals surface area contributed by atoms with Crippen LogP contribution in [0.4, 0.5) is 0 Å². The van der Waals surface area contributed by atoms with Crippen molar-refractivity contribution in [3.05, 3.63) is 36.0 Å². The molecule has 0 fully saturated rings. The summed E-state index contributed by atoms with van der Waals surface area (Å²) in [5.74, 6) is -4.04. The number of H-pyrrole nitrogens is 1.